The van der Waals surface area contributed by atoms with E-state index in [0.29, 0.717) is 11.4 Å². The van der Waals surface area contributed by atoms with Crippen molar-refractivity contribution >= 4 is 23.6 Å². The van der Waals surface area contributed by atoms with Crippen molar-refractivity contribution in [1.82, 2.24) is 0 Å². The number of ether oxygens (including phenoxy) is 2. The molecule has 0 radical (unpaired) electrons. The number of benzene rings is 2. The van der Waals surface area contributed by atoms with Crippen LogP contribution in [0.15, 0.2) is 54.6 Å². The van der Waals surface area contributed by atoms with Crippen LogP contribution in [0.1, 0.15) is 12.5 Å². The van der Waals surface area contributed by atoms with Crippen LogP contribution < -0.4 is 10.1 Å². The van der Waals surface area contributed by atoms with Gasteiger partial charge in [-0.2, -0.15) is 0 Å². The summed E-state index contributed by atoms with van der Waals surface area (Å²) in [5, 5.41) is 2.54. The van der Waals surface area contributed by atoms with Crippen LogP contribution in [0.4, 0.5) is 10.1 Å². The maximum Gasteiger partial charge on any atom is 0.331 e. The SMILES string of the molecule is COc1cccc(/C=C/C(=O)O[C@H](C)C(=O)Nc2ccc(F)cc2)c1. The first-order valence-electron chi connectivity index (χ1n) is 7.57. The number of nitrogens with one attached hydrogen (secondary N) is 1. The number of halogens is 1. The molecule has 0 saturated carbocycles. The molecule has 5 nitrogen and oxygen atoms in total. The van der Waals surface area contributed by atoms with Gasteiger partial charge in [0.2, 0.25) is 0 Å². The summed E-state index contributed by atoms with van der Waals surface area (Å²) in [6, 6.07) is 12.4. The number of methoxy groups -OCH3 is 1. The number of amides is 1. The molecule has 2 aromatic rings. The Balaban J connectivity index is 1.89. The molecule has 6 heteroatoms. The third kappa shape index (κ3) is 5.76. The Morgan fingerprint density at radius 2 is 1.88 bits per heavy atom. The van der Waals surface area contributed by atoms with Gasteiger partial charge in [0.25, 0.3) is 5.91 Å². The molecule has 0 aliphatic heterocycles. The second-order valence-electron chi connectivity index (χ2n) is 5.19. The van der Waals surface area contributed by atoms with Gasteiger partial charge in [0, 0.05) is 11.8 Å². The van der Waals surface area contributed by atoms with Crippen LogP contribution in [-0.2, 0) is 14.3 Å². The summed E-state index contributed by atoms with van der Waals surface area (Å²) in [5.74, 6) is -0.887. The molecule has 0 saturated heterocycles. The van der Waals surface area contributed by atoms with Gasteiger partial charge in [0.15, 0.2) is 6.10 Å². The fraction of sp³-hybridized carbons (Fsp3) is 0.158. The van der Waals surface area contributed by atoms with Gasteiger partial charge in [0.05, 0.1) is 7.11 Å². The fourth-order valence-electron chi connectivity index (χ4n) is 1.95. The molecular weight excluding hydrogens is 325 g/mol. The Kier molecular flexibility index (Phi) is 6.28. The second-order valence-corrected chi connectivity index (χ2v) is 5.19. The van der Waals surface area contributed by atoms with E-state index in [0.717, 1.165) is 5.56 Å². The van der Waals surface area contributed by atoms with Gasteiger partial charge >= 0.3 is 5.97 Å². The molecule has 1 N–H and O–H groups in total. The lowest BCUT2D eigenvalue weighted by atomic mass is 10.2. The van der Waals surface area contributed by atoms with Crippen molar-refractivity contribution < 1.29 is 23.5 Å². The minimum atomic E-state index is -0.993. The van der Waals surface area contributed by atoms with Gasteiger partial charge in [-0.1, -0.05) is 12.1 Å². The maximum absolute atomic E-state index is 12.8. The summed E-state index contributed by atoms with van der Waals surface area (Å²) >= 11 is 0. The molecule has 2 rings (SSSR count). The number of hydrogen-bond donors (Lipinski definition) is 1. The van der Waals surface area contributed by atoms with E-state index in [2.05, 4.69) is 5.32 Å². The molecule has 130 valence electrons. The minimum absolute atomic E-state index is 0.403. The minimum Gasteiger partial charge on any atom is -0.497 e. The zero-order chi connectivity index (χ0) is 18.2. The number of carbonyl (C=O) groups is 2. The molecular formula is C19H18FNO4. The Hall–Kier alpha value is -3.15. The molecule has 25 heavy (non-hydrogen) atoms. The molecule has 0 spiro atoms. The zero-order valence-electron chi connectivity index (χ0n) is 13.9. The molecule has 0 bridgehead atoms. The predicted octanol–water partition coefficient (Wildman–Crippen LogP) is 3.42. The maximum atomic E-state index is 12.8. The Morgan fingerprint density at radius 1 is 1.16 bits per heavy atom. The molecule has 1 atom stereocenters. The summed E-state index contributed by atoms with van der Waals surface area (Å²) in [4.78, 5) is 23.8. The van der Waals surface area contributed by atoms with Crippen LogP contribution in [-0.4, -0.2) is 25.1 Å². The number of esters is 1. The topological polar surface area (TPSA) is 64.6 Å². The molecule has 0 fully saturated rings. The largest absolute Gasteiger partial charge is 0.497 e. The molecule has 0 unspecified atom stereocenters. The lowest BCUT2D eigenvalue weighted by Crippen LogP contribution is -2.29. The van der Waals surface area contributed by atoms with Gasteiger partial charge in [-0.25, -0.2) is 9.18 Å². The highest BCUT2D eigenvalue weighted by atomic mass is 19.1. The lowest BCUT2D eigenvalue weighted by Gasteiger charge is -2.12. The first-order valence-corrected chi connectivity index (χ1v) is 7.57. The summed E-state index contributed by atoms with van der Waals surface area (Å²) in [7, 11) is 1.55. The Labute approximate surface area is 145 Å². The van der Waals surface area contributed by atoms with Crippen LogP contribution in [0.2, 0.25) is 0 Å². The van der Waals surface area contributed by atoms with Gasteiger partial charge in [0.1, 0.15) is 11.6 Å². The third-order valence-corrected chi connectivity index (χ3v) is 3.28. The number of anilines is 1. The van der Waals surface area contributed by atoms with E-state index < -0.39 is 23.8 Å². The molecule has 0 aromatic heterocycles. The smallest absolute Gasteiger partial charge is 0.331 e. The standard InChI is InChI=1S/C19H18FNO4/c1-13(19(23)21-16-9-7-15(20)8-10-16)25-18(22)11-6-14-4-3-5-17(12-14)24-2/h3-13H,1-2H3,(H,21,23)/b11-6+/t13-/m1/s1. The second kappa shape index (κ2) is 8.63. The van der Waals surface area contributed by atoms with Gasteiger partial charge < -0.3 is 14.8 Å². The van der Waals surface area contributed by atoms with E-state index in [1.165, 1.54) is 37.3 Å². The van der Waals surface area contributed by atoms with E-state index in [4.69, 9.17) is 9.47 Å². The summed E-state index contributed by atoms with van der Waals surface area (Å²) in [5.41, 5.74) is 1.18. The first kappa shape index (κ1) is 18.2. The summed E-state index contributed by atoms with van der Waals surface area (Å²) in [6.07, 6.45) is 1.80. The molecule has 1 amide bonds. The average Bonchev–Trinajstić information content (AvgIpc) is 2.62. The number of hydrogen-bond acceptors (Lipinski definition) is 4. The highest BCUT2D eigenvalue weighted by molar-refractivity contribution is 5.96. The van der Waals surface area contributed by atoms with Crippen molar-refractivity contribution in [3.8, 4) is 5.75 Å². The van der Waals surface area contributed by atoms with Crippen molar-refractivity contribution in [2.75, 3.05) is 12.4 Å². The molecule has 0 heterocycles. The van der Waals surface area contributed by atoms with E-state index in [1.54, 1.807) is 37.5 Å². The van der Waals surface area contributed by atoms with Crippen LogP contribution >= 0.6 is 0 Å². The van der Waals surface area contributed by atoms with Gasteiger partial charge in [-0.15, -0.1) is 0 Å². The highest BCUT2D eigenvalue weighted by Gasteiger charge is 2.16. The monoisotopic (exact) mass is 343 g/mol. The van der Waals surface area contributed by atoms with Crippen molar-refractivity contribution in [2.45, 2.75) is 13.0 Å². The van der Waals surface area contributed by atoms with E-state index in [1.807, 2.05) is 0 Å². The lowest BCUT2D eigenvalue weighted by molar-refractivity contribution is -0.148. The Morgan fingerprint density at radius 3 is 2.56 bits per heavy atom. The van der Waals surface area contributed by atoms with E-state index >= 15 is 0 Å². The fourth-order valence-corrected chi connectivity index (χ4v) is 1.95. The van der Waals surface area contributed by atoms with Crippen molar-refractivity contribution in [2.24, 2.45) is 0 Å². The summed E-state index contributed by atoms with van der Waals surface area (Å²) in [6.45, 7) is 1.45. The first-order chi connectivity index (χ1) is 12.0. The van der Waals surface area contributed by atoms with Crippen LogP contribution in [0.25, 0.3) is 6.08 Å². The van der Waals surface area contributed by atoms with Crippen LogP contribution in [0.3, 0.4) is 0 Å². The van der Waals surface area contributed by atoms with E-state index in [-0.39, 0.29) is 0 Å². The van der Waals surface area contributed by atoms with Crippen molar-refractivity contribution in [3.05, 3.63) is 66.0 Å². The van der Waals surface area contributed by atoms with Crippen LogP contribution in [0, 0.1) is 5.82 Å². The normalized spacial score (nSPS) is 11.8. The predicted molar refractivity (Wildman–Crippen MR) is 92.6 cm³/mol. The number of carbonyl (C=O) groups excluding carboxylic acids is 2. The van der Waals surface area contributed by atoms with Crippen molar-refractivity contribution in [3.63, 3.8) is 0 Å². The van der Waals surface area contributed by atoms with Gasteiger partial charge in [-0.3, -0.25) is 4.79 Å². The molecule has 2 aromatic carbocycles. The van der Waals surface area contributed by atoms with E-state index in [9.17, 15) is 14.0 Å². The quantitative estimate of drug-likeness (QED) is 0.645. The molecule has 0 aliphatic carbocycles. The summed E-state index contributed by atoms with van der Waals surface area (Å²) < 4.78 is 23.0. The highest BCUT2D eigenvalue weighted by Crippen LogP contribution is 2.14. The van der Waals surface area contributed by atoms with Crippen LogP contribution in [0.5, 0.6) is 5.75 Å². The third-order valence-electron chi connectivity index (χ3n) is 3.28. The van der Waals surface area contributed by atoms with Crippen molar-refractivity contribution in [1.29, 1.82) is 0 Å². The molecule has 0 aliphatic rings. The average molecular weight is 343 g/mol. The zero-order valence-corrected chi connectivity index (χ0v) is 13.9. The van der Waals surface area contributed by atoms with Gasteiger partial charge in [-0.05, 0) is 55.0 Å². The Bertz CT molecular complexity index is 771. The number of rotatable bonds is 6.